The van der Waals surface area contributed by atoms with Crippen LogP contribution in [0.15, 0.2) is 24.3 Å². The van der Waals surface area contributed by atoms with Gasteiger partial charge in [-0.25, -0.2) is 8.42 Å². The first-order chi connectivity index (χ1) is 9.12. The van der Waals surface area contributed by atoms with Crippen molar-refractivity contribution in [1.29, 1.82) is 0 Å². The van der Waals surface area contributed by atoms with E-state index in [2.05, 4.69) is 9.62 Å². The summed E-state index contributed by atoms with van der Waals surface area (Å²) in [4.78, 5) is 2.24. The maximum atomic E-state index is 11.8. The molecule has 6 heteroatoms. The van der Waals surface area contributed by atoms with Crippen LogP contribution in [0.25, 0.3) is 0 Å². The van der Waals surface area contributed by atoms with E-state index in [-0.39, 0.29) is 11.6 Å². The van der Waals surface area contributed by atoms with E-state index < -0.39 is 10.0 Å². The van der Waals surface area contributed by atoms with Gasteiger partial charge in [-0.1, -0.05) is 12.1 Å². The van der Waals surface area contributed by atoms with Gasteiger partial charge in [0.1, 0.15) is 0 Å². The predicted octanol–water partition coefficient (Wildman–Crippen LogP) is 2.66. The predicted molar refractivity (Wildman–Crippen MR) is 80.6 cm³/mol. The summed E-state index contributed by atoms with van der Waals surface area (Å²) in [5, 5.41) is 0. The molecule has 0 saturated carbocycles. The highest BCUT2D eigenvalue weighted by atomic mass is 35.5. The Kier molecular flexibility index (Phi) is 4.93. The quantitative estimate of drug-likeness (QED) is 0.851. The van der Waals surface area contributed by atoms with Crippen LogP contribution in [0.5, 0.6) is 0 Å². The van der Waals surface area contributed by atoms with Gasteiger partial charge in [-0.2, -0.15) is 0 Å². The Labute approximate surface area is 119 Å². The number of anilines is 2. The Bertz CT molecular complexity index is 513. The number of sulfonamides is 1. The molecule has 1 N–H and O–H groups in total. The normalized spacial score (nSPS) is 16.4. The minimum absolute atomic E-state index is 0.0666. The number of alkyl halides is 1. The summed E-state index contributed by atoms with van der Waals surface area (Å²) in [5.41, 5.74) is 1.61. The van der Waals surface area contributed by atoms with Crippen LogP contribution in [0.4, 0.5) is 11.4 Å². The number of nitrogens with one attached hydrogen (secondary N) is 1. The third-order valence-electron chi connectivity index (χ3n) is 3.21. The first-order valence-corrected chi connectivity index (χ1v) is 8.71. The summed E-state index contributed by atoms with van der Waals surface area (Å²) in [6.07, 6.45) is 3.56. The Morgan fingerprint density at radius 1 is 1.16 bits per heavy atom. The van der Waals surface area contributed by atoms with Crippen molar-refractivity contribution in [3.05, 3.63) is 24.3 Å². The van der Waals surface area contributed by atoms with E-state index in [1.807, 2.05) is 18.2 Å². The zero-order chi connectivity index (χ0) is 13.7. The number of para-hydroxylation sites is 2. The fraction of sp³-hybridized carbons (Fsp3) is 0.538. The van der Waals surface area contributed by atoms with E-state index >= 15 is 0 Å². The number of nitrogens with zero attached hydrogens (tertiary/aromatic N) is 1. The van der Waals surface area contributed by atoms with Gasteiger partial charge in [0.25, 0.3) is 0 Å². The van der Waals surface area contributed by atoms with Crippen molar-refractivity contribution in [2.75, 3.05) is 34.3 Å². The summed E-state index contributed by atoms with van der Waals surface area (Å²) in [6, 6.07) is 7.54. The van der Waals surface area contributed by atoms with Gasteiger partial charge in [-0.05, 0) is 31.4 Å². The minimum Gasteiger partial charge on any atom is -0.370 e. The number of rotatable bonds is 5. The maximum absolute atomic E-state index is 11.8. The third-order valence-corrected chi connectivity index (χ3v) is 4.90. The third kappa shape index (κ3) is 4.01. The van der Waals surface area contributed by atoms with Crippen LogP contribution in [-0.4, -0.2) is 33.1 Å². The number of benzene rings is 1. The molecule has 19 heavy (non-hydrogen) atoms. The van der Waals surface area contributed by atoms with E-state index in [4.69, 9.17) is 11.6 Å². The van der Waals surface area contributed by atoms with Crippen molar-refractivity contribution in [2.45, 2.75) is 19.3 Å². The van der Waals surface area contributed by atoms with Crippen molar-refractivity contribution >= 4 is 33.0 Å². The highest BCUT2D eigenvalue weighted by Gasteiger charge is 2.17. The average molecular weight is 303 g/mol. The van der Waals surface area contributed by atoms with Gasteiger partial charge in [0, 0.05) is 19.0 Å². The lowest BCUT2D eigenvalue weighted by Crippen LogP contribution is -2.30. The van der Waals surface area contributed by atoms with Crippen LogP contribution in [0.3, 0.4) is 0 Å². The van der Waals surface area contributed by atoms with Crippen molar-refractivity contribution in [3.8, 4) is 0 Å². The maximum Gasteiger partial charge on any atom is 0.233 e. The van der Waals surface area contributed by atoms with Gasteiger partial charge in [-0.15, -0.1) is 11.6 Å². The number of halogens is 1. The average Bonchev–Trinajstić information content (AvgIpc) is 2.40. The van der Waals surface area contributed by atoms with E-state index in [0.717, 1.165) is 31.6 Å². The lowest BCUT2D eigenvalue weighted by molar-refractivity contribution is 0.578. The molecule has 1 fully saturated rings. The molecular formula is C13H19ClN2O2S. The van der Waals surface area contributed by atoms with Gasteiger partial charge < -0.3 is 4.90 Å². The molecule has 0 atom stereocenters. The minimum atomic E-state index is -3.35. The Hall–Kier alpha value is -0.940. The Morgan fingerprint density at radius 2 is 1.84 bits per heavy atom. The second-order valence-electron chi connectivity index (χ2n) is 4.67. The van der Waals surface area contributed by atoms with Crippen LogP contribution in [0.1, 0.15) is 19.3 Å². The second-order valence-corrected chi connectivity index (χ2v) is 6.89. The number of hydrogen-bond donors (Lipinski definition) is 1. The zero-order valence-corrected chi connectivity index (χ0v) is 12.4. The molecule has 0 amide bonds. The van der Waals surface area contributed by atoms with Crippen molar-refractivity contribution < 1.29 is 8.42 Å². The molecule has 0 radical (unpaired) electrons. The lowest BCUT2D eigenvalue weighted by Gasteiger charge is -2.30. The van der Waals surface area contributed by atoms with Gasteiger partial charge in [-0.3, -0.25) is 4.72 Å². The molecule has 0 spiro atoms. The molecule has 1 heterocycles. The van der Waals surface area contributed by atoms with Crippen molar-refractivity contribution in [2.24, 2.45) is 0 Å². The zero-order valence-electron chi connectivity index (χ0n) is 10.8. The standard InChI is InChI=1S/C13H19ClN2O2S/c14-8-11-19(17,18)15-12-6-2-3-7-13(12)16-9-4-1-5-10-16/h2-3,6-7,15H,1,4-5,8-11H2. The smallest absolute Gasteiger partial charge is 0.233 e. The first-order valence-electron chi connectivity index (χ1n) is 6.53. The lowest BCUT2D eigenvalue weighted by atomic mass is 10.1. The van der Waals surface area contributed by atoms with Crippen LogP contribution in [0.2, 0.25) is 0 Å². The highest BCUT2D eigenvalue weighted by molar-refractivity contribution is 7.92. The topological polar surface area (TPSA) is 49.4 Å². The molecule has 106 valence electrons. The molecule has 0 bridgehead atoms. The van der Waals surface area contributed by atoms with Crippen LogP contribution in [0, 0.1) is 0 Å². The molecule has 1 aromatic carbocycles. The molecular weight excluding hydrogens is 284 g/mol. The summed E-state index contributed by atoms with van der Waals surface area (Å²) < 4.78 is 26.3. The van der Waals surface area contributed by atoms with Gasteiger partial charge >= 0.3 is 0 Å². The molecule has 0 unspecified atom stereocenters. The number of piperidine rings is 1. The summed E-state index contributed by atoms with van der Waals surface area (Å²) >= 11 is 5.51. The van der Waals surface area contributed by atoms with Crippen LogP contribution < -0.4 is 9.62 Å². The van der Waals surface area contributed by atoms with E-state index in [0.29, 0.717) is 5.69 Å². The molecule has 0 aromatic heterocycles. The first kappa shape index (κ1) is 14.5. The fourth-order valence-electron chi connectivity index (χ4n) is 2.29. The molecule has 2 rings (SSSR count). The van der Waals surface area contributed by atoms with E-state index in [9.17, 15) is 8.42 Å². The van der Waals surface area contributed by atoms with Gasteiger partial charge in [0.15, 0.2) is 0 Å². The van der Waals surface area contributed by atoms with E-state index in [1.54, 1.807) is 6.07 Å². The van der Waals surface area contributed by atoms with Gasteiger partial charge in [0.2, 0.25) is 10.0 Å². The summed E-state index contributed by atoms with van der Waals surface area (Å²) in [6.45, 7) is 1.96. The fourth-order valence-corrected chi connectivity index (χ4v) is 3.71. The molecule has 1 aliphatic rings. The highest BCUT2D eigenvalue weighted by Crippen LogP contribution is 2.28. The second kappa shape index (κ2) is 6.48. The number of hydrogen-bond acceptors (Lipinski definition) is 3. The monoisotopic (exact) mass is 302 g/mol. The van der Waals surface area contributed by atoms with Crippen molar-refractivity contribution in [3.63, 3.8) is 0 Å². The molecule has 1 saturated heterocycles. The summed E-state index contributed by atoms with van der Waals surface area (Å²) in [7, 11) is -3.35. The molecule has 1 aliphatic heterocycles. The summed E-state index contributed by atoms with van der Waals surface area (Å²) in [5.74, 6) is 0.0318. The Morgan fingerprint density at radius 3 is 2.53 bits per heavy atom. The largest absolute Gasteiger partial charge is 0.370 e. The van der Waals surface area contributed by atoms with Crippen LogP contribution in [-0.2, 0) is 10.0 Å². The van der Waals surface area contributed by atoms with E-state index in [1.165, 1.54) is 6.42 Å². The van der Waals surface area contributed by atoms with Crippen molar-refractivity contribution in [1.82, 2.24) is 0 Å². The molecule has 0 aliphatic carbocycles. The Balaban J connectivity index is 2.20. The molecule has 4 nitrogen and oxygen atoms in total. The van der Waals surface area contributed by atoms with Crippen LogP contribution >= 0.6 is 11.6 Å². The van der Waals surface area contributed by atoms with Gasteiger partial charge in [0.05, 0.1) is 17.1 Å². The SMILES string of the molecule is O=S(=O)(CCCl)Nc1ccccc1N1CCCCC1. The molecule has 1 aromatic rings.